The molecule has 0 bridgehead atoms. The van der Waals surface area contributed by atoms with Crippen molar-refractivity contribution in [1.82, 2.24) is 19.7 Å². The number of fused-ring (bicyclic) bond motifs is 1. The summed E-state index contributed by atoms with van der Waals surface area (Å²) in [4.78, 5) is 15.3. The van der Waals surface area contributed by atoms with Crippen LogP contribution in [0.25, 0.3) is 11.4 Å². The van der Waals surface area contributed by atoms with Crippen molar-refractivity contribution in [3.05, 3.63) is 53.8 Å². The molecule has 1 aliphatic carbocycles. The summed E-state index contributed by atoms with van der Waals surface area (Å²) in [6.45, 7) is 2.02. The number of thioether (sulfide) groups is 1. The average Bonchev–Trinajstić information content (AvgIpc) is 3.51. The average molecular weight is 495 g/mol. The third kappa shape index (κ3) is 4.49. The highest BCUT2D eigenvalue weighted by atomic mass is 32.2. The molecule has 1 aromatic heterocycles. The molecule has 0 radical (unpaired) electrons. The number of nitrogens with zero attached hydrogens (tertiary/aromatic N) is 4. The summed E-state index contributed by atoms with van der Waals surface area (Å²) in [6, 6.07) is 12.9. The Morgan fingerprint density at radius 2 is 1.86 bits per heavy atom. The van der Waals surface area contributed by atoms with Gasteiger partial charge in [0, 0.05) is 19.0 Å². The molecule has 6 rings (SSSR count). The second-order valence-corrected chi connectivity index (χ2v) is 10.1. The number of amides is 1. The van der Waals surface area contributed by atoms with Crippen LogP contribution in [0.2, 0.25) is 0 Å². The van der Waals surface area contributed by atoms with Gasteiger partial charge in [-0.15, -0.1) is 10.2 Å². The zero-order valence-corrected chi connectivity index (χ0v) is 20.2. The molecule has 2 fully saturated rings. The van der Waals surface area contributed by atoms with Gasteiger partial charge in [-0.1, -0.05) is 30.0 Å². The summed E-state index contributed by atoms with van der Waals surface area (Å²) in [6.07, 6.45) is 4.77. The fourth-order valence-corrected chi connectivity index (χ4v) is 5.76. The predicted molar refractivity (Wildman–Crippen MR) is 130 cm³/mol. The Kier molecular flexibility index (Phi) is 6.10. The molecule has 182 valence electrons. The SMILES string of the molecule is O=C(CSc1nnc(-c2ccccc2F)n1C1CC1)N1CCC[C@@H]1c1ccc2c(c1)OCCCO2. The zero-order valence-electron chi connectivity index (χ0n) is 19.4. The first-order valence-corrected chi connectivity index (χ1v) is 13.2. The summed E-state index contributed by atoms with van der Waals surface area (Å²) in [7, 11) is 0. The van der Waals surface area contributed by atoms with Crippen molar-refractivity contribution in [3.8, 4) is 22.9 Å². The zero-order chi connectivity index (χ0) is 23.8. The maximum Gasteiger partial charge on any atom is 0.233 e. The highest BCUT2D eigenvalue weighted by Gasteiger charge is 2.33. The Bertz CT molecular complexity index is 1250. The van der Waals surface area contributed by atoms with Crippen molar-refractivity contribution < 1.29 is 18.7 Å². The molecule has 3 aliphatic rings. The number of ether oxygens (including phenoxy) is 2. The van der Waals surface area contributed by atoms with Gasteiger partial charge in [-0.25, -0.2) is 4.39 Å². The largest absolute Gasteiger partial charge is 0.490 e. The molecule has 7 nitrogen and oxygen atoms in total. The van der Waals surface area contributed by atoms with Crippen LogP contribution in [0.1, 0.15) is 49.8 Å². The standard InChI is InChI=1S/C26H27FN4O3S/c27-20-6-2-1-5-19(20)25-28-29-26(31(25)18-9-10-18)35-16-24(32)30-12-3-7-21(30)17-8-11-22-23(15-17)34-14-4-13-33-22/h1-2,5-6,8,11,15,18,21H,3-4,7,9-10,12-14,16H2/t21-/m1/s1. The monoisotopic (exact) mass is 494 g/mol. The molecule has 3 aromatic rings. The molecule has 1 saturated heterocycles. The van der Waals surface area contributed by atoms with E-state index in [4.69, 9.17) is 9.47 Å². The van der Waals surface area contributed by atoms with Crippen molar-refractivity contribution in [1.29, 1.82) is 0 Å². The van der Waals surface area contributed by atoms with E-state index >= 15 is 0 Å². The van der Waals surface area contributed by atoms with Gasteiger partial charge in [-0.3, -0.25) is 9.36 Å². The van der Waals surface area contributed by atoms with E-state index in [2.05, 4.69) is 10.2 Å². The number of hydrogen-bond acceptors (Lipinski definition) is 6. The lowest BCUT2D eigenvalue weighted by atomic mass is 10.0. The molecule has 9 heteroatoms. The van der Waals surface area contributed by atoms with Crippen LogP contribution >= 0.6 is 11.8 Å². The lowest BCUT2D eigenvalue weighted by molar-refractivity contribution is -0.129. The topological polar surface area (TPSA) is 69.5 Å². The molecule has 0 N–H and O–H groups in total. The van der Waals surface area contributed by atoms with Crippen LogP contribution in [0.5, 0.6) is 11.5 Å². The first-order valence-electron chi connectivity index (χ1n) is 12.2. The number of likely N-dealkylation sites (tertiary alicyclic amines) is 1. The molecule has 1 atom stereocenters. The minimum absolute atomic E-state index is 0.0236. The first-order chi connectivity index (χ1) is 17.2. The molecule has 2 aliphatic heterocycles. The summed E-state index contributed by atoms with van der Waals surface area (Å²) >= 11 is 1.39. The van der Waals surface area contributed by atoms with E-state index in [1.165, 1.54) is 17.8 Å². The van der Waals surface area contributed by atoms with Crippen LogP contribution < -0.4 is 9.47 Å². The van der Waals surface area contributed by atoms with E-state index < -0.39 is 0 Å². The van der Waals surface area contributed by atoms with Gasteiger partial charge < -0.3 is 14.4 Å². The van der Waals surface area contributed by atoms with Crippen LogP contribution in [0.3, 0.4) is 0 Å². The summed E-state index contributed by atoms with van der Waals surface area (Å²) in [5.74, 6) is 2.08. The number of carbonyl (C=O) groups excluding carboxylic acids is 1. The fraction of sp³-hybridized carbons (Fsp3) is 0.423. The highest BCUT2D eigenvalue weighted by molar-refractivity contribution is 7.99. The minimum Gasteiger partial charge on any atom is -0.490 e. The molecule has 2 aromatic carbocycles. The molecular weight excluding hydrogens is 467 g/mol. The number of hydrogen-bond donors (Lipinski definition) is 0. The molecule has 0 spiro atoms. The smallest absolute Gasteiger partial charge is 0.233 e. The third-order valence-corrected chi connectivity index (χ3v) is 7.67. The van der Waals surface area contributed by atoms with E-state index in [0.29, 0.717) is 29.8 Å². The van der Waals surface area contributed by atoms with Crippen molar-refractivity contribution in [2.75, 3.05) is 25.5 Å². The Balaban J connectivity index is 1.18. The lowest BCUT2D eigenvalue weighted by Crippen LogP contribution is -2.32. The maximum absolute atomic E-state index is 14.4. The minimum atomic E-state index is -0.315. The van der Waals surface area contributed by atoms with E-state index in [1.807, 2.05) is 27.7 Å². The van der Waals surface area contributed by atoms with Crippen molar-refractivity contribution in [2.45, 2.75) is 49.3 Å². The number of carbonyl (C=O) groups is 1. The maximum atomic E-state index is 14.4. The van der Waals surface area contributed by atoms with Gasteiger partial charge >= 0.3 is 0 Å². The fourth-order valence-electron chi connectivity index (χ4n) is 4.87. The van der Waals surface area contributed by atoms with E-state index in [9.17, 15) is 9.18 Å². The summed E-state index contributed by atoms with van der Waals surface area (Å²) < 4.78 is 28.1. The summed E-state index contributed by atoms with van der Waals surface area (Å²) in [5, 5.41) is 9.30. The van der Waals surface area contributed by atoms with Gasteiger partial charge in [0.05, 0.1) is 30.6 Å². The van der Waals surface area contributed by atoms with Gasteiger partial charge in [0.1, 0.15) is 5.82 Å². The van der Waals surface area contributed by atoms with E-state index in [-0.39, 0.29) is 29.6 Å². The number of aromatic nitrogens is 3. The van der Waals surface area contributed by atoms with Crippen LogP contribution in [0, 0.1) is 5.82 Å². The van der Waals surface area contributed by atoms with Gasteiger partial charge in [-0.2, -0.15) is 0 Å². The summed E-state index contributed by atoms with van der Waals surface area (Å²) in [5.41, 5.74) is 1.52. The van der Waals surface area contributed by atoms with Crippen LogP contribution in [-0.2, 0) is 4.79 Å². The number of benzene rings is 2. The second kappa shape index (κ2) is 9.53. The van der Waals surface area contributed by atoms with Crippen LogP contribution in [0.4, 0.5) is 4.39 Å². The van der Waals surface area contributed by atoms with Crippen molar-refractivity contribution in [2.24, 2.45) is 0 Å². The quantitative estimate of drug-likeness (QED) is 0.448. The van der Waals surface area contributed by atoms with Crippen molar-refractivity contribution >= 4 is 17.7 Å². The van der Waals surface area contributed by atoms with Gasteiger partial charge in [-0.05, 0) is 55.5 Å². The molecule has 1 amide bonds. The normalized spacial score (nSPS) is 19.6. The van der Waals surface area contributed by atoms with Gasteiger partial charge in [0.2, 0.25) is 5.91 Å². The van der Waals surface area contributed by atoms with Gasteiger partial charge in [0.25, 0.3) is 0 Å². The number of rotatable bonds is 6. The van der Waals surface area contributed by atoms with E-state index in [0.717, 1.165) is 55.7 Å². The number of halogens is 1. The Morgan fingerprint density at radius 3 is 2.69 bits per heavy atom. The Hall–Kier alpha value is -3.07. The van der Waals surface area contributed by atoms with Crippen LogP contribution in [0.15, 0.2) is 47.6 Å². The second-order valence-electron chi connectivity index (χ2n) is 9.18. The Morgan fingerprint density at radius 1 is 1.03 bits per heavy atom. The lowest BCUT2D eigenvalue weighted by Gasteiger charge is -2.25. The molecule has 3 heterocycles. The highest BCUT2D eigenvalue weighted by Crippen LogP contribution is 2.42. The van der Waals surface area contributed by atoms with Crippen molar-refractivity contribution in [3.63, 3.8) is 0 Å². The third-order valence-electron chi connectivity index (χ3n) is 6.75. The Labute approximate surface area is 207 Å². The molecule has 1 saturated carbocycles. The molecular formula is C26H27FN4O3S. The first kappa shape index (κ1) is 22.4. The predicted octanol–water partition coefficient (Wildman–Crippen LogP) is 5.04. The van der Waals surface area contributed by atoms with Gasteiger partial charge in [0.15, 0.2) is 22.5 Å². The van der Waals surface area contributed by atoms with Crippen LogP contribution in [-0.4, -0.2) is 51.1 Å². The molecule has 35 heavy (non-hydrogen) atoms. The van der Waals surface area contributed by atoms with E-state index in [1.54, 1.807) is 18.2 Å². The molecule has 0 unspecified atom stereocenters.